The minimum absolute atomic E-state index is 0.108. The van der Waals surface area contributed by atoms with Crippen LogP contribution in [0.25, 0.3) is 21.6 Å². The van der Waals surface area contributed by atoms with Crippen LogP contribution in [0.4, 0.5) is 0 Å². The van der Waals surface area contributed by atoms with E-state index in [0.717, 1.165) is 52.2 Å². The molecule has 3 aromatic rings. The quantitative estimate of drug-likeness (QED) is 0.296. The predicted octanol–water partition coefficient (Wildman–Crippen LogP) is 5.98. The monoisotopic (exact) mass is 660 g/mol. The molecule has 1 aliphatic heterocycles. The molecule has 2 N–H and O–H groups in total. The Bertz CT molecular complexity index is 1720. The minimum atomic E-state index is -1.33. The fourth-order valence-electron chi connectivity index (χ4n) is 7.08. The average Bonchev–Trinajstić information content (AvgIpc) is 3.36. The number of nitrogens with one attached hydrogen (secondary N) is 1. The number of carbonyl (C=O) groups is 3. The van der Waals surface area contributed by atoms with Gasteiger partial charge in [-0.3, -0.25) is 9.59 Å². The van der Waals surface area contributed by atoms with Gasteiger partial charge in [-0.25, -0.2) is 14.8 Å². The number of aryl methyl sites for hydroxylation is 1. The first-order chi connectivity index (χ1) is 22.6. The molecule has 10 nitrogen and oxygen atoms in total. The second-order valence-corrected chi connectivity index (χ2v) is 14.3. The maximum absolute atomic E-state index is 13.9. The third-order valence-electron chi connectivity index (χ3n) is 9.98. The smallest absolute Gasteiger partial charge is 0.330 e. The molecule has 0 saturated heterocycles. The lowest BCUT2D eigenvalue weighted by Crippen LogP contribution is -2.49. The number of rotatable bonds is 7. The van der Waals surface area contributed by atoms with Crippen LogP contribution in [-0.4, -0.2) is 70.1 Å². The fourth-order valence-corrected chi connectivity index (χ4v) is 8.02. The summed E-state index contributed by atoms with van der Waals surface area (Å²) in [6.07, 6.45) is 7.67. The number of fused-ring (bicyclic) bond motifs is 3. The molecule has 3 heterocycles. The van der Waals surface area contributed by atoms with Crippen molar-refractivity contribution in [2.75, 3.05) is 20.7 Å². The van der Waals surface area contributed by atoms with Crippen LogP contribution < -0.4 is 14.8 Å². The number of carboxylic acids is 1. The van der Waals surface area contributed by atoms with E-state index in [1.807, 2.05) is 30.4 Å². The number of amides is 2. The average molecular weight is 661 g/mol. The zero-order valence-electron chi connectivity index (χ0n) is 27.7. The number of carbonyl (C=O) groups excluding carboxylic acids is 2. The van der Waals surface area contributed by atoms with Crippen LogP contribution in [-0.2, 0) is 20.8 Å². The molecule has 6 rings (SSSR count). The van der Waals surface area contributed by atoms with Crippen molar-refractivity contribution < 1.29 is 29.0 Å². The van der Waals surface area contributed by atoms with E-state index < -0.39 is 35.4 Å². The molecule has 250 valence electrons. The Morgan fingerprint density at radius 3 is 2.66 bits per heavy atom. The number of hydrogen-bond acceptors (Lipinski definition) is 8. The van der Waals surface area contributed by atoms with Gasteiger partial charge in [0.05, 0.1) is 30.2 Å². The van der Waals surface area contributed by atoms with Gasteiger partial charge in [-0.2, -0.15) is 0 Å². The van der Waals surface area contributed by atoms with Crippen LogP contribution in [0.1, 0.15) is 76.5 Å². The van der Waals surface area contributed by atoms with Crippen molar-refractivity contribution in [3.05, 3.63) is 47.0 Å². The summed E-state index contributed by atoms with van der Waals surface area (Å²) >= 11 is 1.54. The normalized spacial score (nSPS) is 27.1. The molecule has 5 atom stereocenters. The Hall–Kier alpha value is -3.99. The van der Waals surface area contributed by atoms with Gasteiger partial charge in [0.1, 0.15) is 33.8 Å². The first-order valence-electron chi connectivity index (χ1n) is 16.7. The summed E-state index contributed by atoms with van der Waals surface area (Å²) in [7, 11) is 3.43. The largest absolute Gasteiger partial charge is 0.496 e. The Balaban J connectivity index is 1.36. The van der Waals surface area contributed by atoms with E-state index >= 15 is 0 Å². The Morgan fingerprint density at radius 2 is 1.96 bits per heavy atom. The number of methoxy groups -OCH3 is 1. The molecule has 4 unspecified atom stereocenters. The van der Waals surface area contributed by atoms with E-state index in [9.17, 15) is 19.5 Å². The number of hydrogen-bond donors (Lipinski definition) is 2. The lowest BCUT2D eigenvalue weighted by Gasteiger charge is -2.26. The van der Waals surface area contributed by atoms with Crippen molar-refractivity contribution in [2.24, 2.45) is 17.8 Å². The lowest BCUT2D eigenvalue weighted by atomic mass is 9.93. The van der Waals surface area contributed by atoms with Crippen LogP contribution in [0.3, 0.4) is 0 Å². The standard InChI is InChI=1S/C36H44N4O6S/c1-6-23-29(45-5)13-12-24-30(17-27(37-31(23)24)33-38-28(19-47-33)20(2)3)46-22-15-25-26(16-22)34(42)40(4)14-10-8-7-9-11-21-18-36(21,35(43)44)39-32(25)41/h9,11-13,17,19-22,25-26H,6-8,10,14-16,18H2,1-5H3,(H,39,41)(H,43,44)/b11-9-/t21?,22?,25?,26?,36-/m1/s1. The molecule has 2 fully saturated rings. The first-order valence-corrected chi connectivity index (χ1v) is 17.5. The molecule has 0 radical (unpaired) electrons. The highest BCUT2D eigenvalue weighted by molar-refractivity contribution is 7.13. The molecule has 0 spiro atoms. The van der Waals surface area contributed by atoms with Crippen LogP contribution in [0.15, 0.2) is 35.7 Å². The van der Waals surface area contributed by atoms with Crippen molar-refractivity contribution >= 4 is 40.0 Å². The molecule has 47 heavy (non-hydrogen) atoms. The second-order valence-electron chi connectivity index (χ2n) is 13.4. The zero-order valence-corrected chi connectivity index (χ0v) is 28.6. The Labute approximate surface area is 279 Å². The van der Waals surface area contributed by atoms with E-state index in [4.69, 9.17) is 19.4 Å². The summed E-state index contributed by atoms with van der Waals surface area (Å²) in [5, 5.41) is 16.6. The van der Waals surface area contributed by atoms with Crippen molar-refractivity contribution in [1.82, 2.24) is 20.2 Å². The van der Waals surface area contributed by atoms with Gasteiger partial charge in [0.25, 0.3) is 0 Å². The second kappa shape index (κ2) is 13.3. The number of nitrogens with zero attached hydrogens (tertiary/aromatic N) is 3. The van der Waals surface area contributed by atoms with Gasteiger partial charge >= 0.3 is 5.97 Å². The third kappa shape index (κ3) is 6.34. The van der Waals surface area contributed by atoms with Crippen molar-refractivity contribution in [3.8, 4) is 22.2 Å². The molecule has 11 heteroatoms. The van der Waals surface area contributed by atoms with Crippen LogP contribution in [0, 0.1) is 17.8 Å². The number of carboxylic acid groups (broad SMARTS) is 1. The van der Waals surface area contributed by atoms with Gasteiger partial charge in [-0.15, -0.1) is 11.3 Å². The number of allylic oxidation sites excluding steroid dienone is 1. The molecule has 0 bridgehead atoms. The number of thiazole rings is 1. The minimum Gasteiger partial charge on any atom is -0.496 e. The molecule has 1 aromatic carbocycles. The van der Waals surface area contributed by atoms with E-state index in [0.29, 0.717) is 37.3 Å². The topological polar surface area (TPSA) is 131 Å². The first kappa shape index (κ1) is 32.9. The number of benzene rings is 1. The van der Waals surface area contributed by atoms with Gasteiger partial charge in [0, 0.05) is 41.9 Å². The van der Waals surface area contributed by atoms with Crippen molar-refractivity contribution in [3.63, 3.8) is 0 Å². The highest BCUT2D eigenvalue weighted by atomic mass is 32.1. The van der Waals surface area contributed by atoms with Gasteiger partial charge in [-0.1, -0.05) is 32.9 Å². The maximum Gasteiger partial charge on any atom is 0.330 e. The van der Waals surface area contributed by atoms with Crippen LogP contribution in [0.2, 0.25) is 0 Å². The third-order valence-corrected chi connectivity index (χ3v) is 10.9. The van der Waals surface area contributed by atoms with Gasteiger partial charge in [0.2, 0.25) is 11.8 Å². The number of pyridine rings is 1. The molecule has 2 aliphatic carbocycles. The number of aliphatic carboxylic acids is 1. The van der Waals surface area contributed by atoms with Crippen molar-refractivity contribution in [2.45, 2.75) is 83.3 Å². The van der Waals surface area contributed by atoms with Crippen molar-refractivity contribution in [1.29, 1.82) is 0 Å². The Morgan fingerprint density at radius 1 is 1.17 bits per heavy atom. The van der Waals surface area contributed by atoms with Gasteiger partial charge < -0.3 is 24.8 Å². The van der Waals surface area contributed by atoms with E-state index in [-0.39, 0.29) is 24.2 Å². The maximum atomic E-state index is 13.9. The molecule has 2 amide bonds. The molecular formula is C36H44N4O6S. The van der Waals surface area contributed by atoms with Crippen LogP contribution in [0.5, 0.6) is 11.5 Å². The highest BCUT2D eigenvalue weighted by Gasteiger charge is 2.61. The van der Waals surface area contributed by atoms with Gasteiger partial charge in [0.15, 0.2) is 0 Å². The summed E-state index contributed by atoms with van der Waals surface area (Å²) in [5.74, 6) is -1.53. The zero-order chi connectivity index (χ0) is 33.5. The highest BCUT2D eigenvalue weighted by Crippen LogP contribution is 2.47. The number of ether oxygens (including phenoxy) is 2. The summed E-state index contributed by atoms with van der Waals surface area (Å²) in [6.45, 7) is 6.87. The molecular weight excluding hydrogens is 616 g/mol. The SMILES string of the molecule is CCc1c(OC)ccc2c(OC3CC4C(=O)N[C@]5(C(=O)O)CC5/C=C\CCCCN(C)C(=O)C4C3)cc(-c3nc(C(C)C)cs3)nc12. The summed E-state index contributed by atoms with van der Waals surface area (Å²) in [6, 6.07) is 5.76. The molecule has 3 aliphatic rings. The molecule has 2 aromatic heterocycles. The number of aromatic nitrogens is 2. The lowest BCUT2D eigenvalue weighted by molar-refractivity contribution is -0.145. The van der Waals surface area contributed by atoms with Crippen LogP contribution >= 0.6 is 11.3 Å². The summed E-state index contributed by atoms with van der Waals surface area (Å²) in [4.78, 5) is 51.7. The fraction of sp³-hybridized carbons (Fsp3) is 0.528. The predicted molar refractivity (Wildman–Crippen MR) is 181 cm³/mol. The van der Waals surface area contributed by atoms with E-state index in [1.165, 1.54) is 11.3 Å². The Kier molecular flexibility index (Phi) is 9.29. The summed E-state index contributed by atoms with van der Waals surface area (Å²) in [5.41, 5.74) is 2.08. The van der Waals surface area contributed by atoms with Gasteiger partial charge in [-0.05, 0) is 63.0 Å². The summed E-state index contributed by atoms with van der Waals surface area (Å²) < 4.78 is 12.4. The van der Waals surface area contributed by atoms with E-state index in [1.54, 1.807) is 19.1 Å². The van der Waals surface area contributed by atoms with E-state index in [2.05, 4.69) is 31.5 Å². The molecule has 2 saturated carbocycles.